The van der Waals surface area contributed by atoms with Gasteiger partial charge in [0.2, 0.25) is 0 Å². The number of aryl methyl sites for hydroxylation is 1. The average Bonchev–Trinajstić information content (AvgIpc) is 3.25. The van der Waals surface area contributed by atoms with Gasteiger partial charge in [0.15, 0.2) is 0 Å². The van der Waals surface area contributed by atoms with Crippen molar-refractivity contribution in [2.24, 2.45) is 0 Å². The molecule has 0 bridgehead atoms. The van der Waals surface area contributed by atoms with Crippen molar-refractivity contribution >= 4 is 23.9 Å². The number of nitrogens with one attached hydrogen (secondary N) is 1. The van der Waals surface area contributed by atoms with Gasteiger partial charge in [-0.3, -0.25) is 19.8 Å². The van der Waals surface area contributed by atoms with Crippen LogP contribution in [0.25, 0.3) is 6.08 Å². The molecule has 2 aromatic rings. The van der Waals surface area contributed by atoms with Gasteiger partial charge in [0.05, 0.1) is 0 Å². The molecule has 1 saturated carbocycles. The van der Waals surface area contributed by atoms with Crippen LogP contribution < -0.4 is 10.1 Å². The van der Waals surface area contributed by atoms with E-state index in [0.29, 0.717) is 17.9 Å². The number of carbonyl (C=O) groups is 3. The van der Waals surface area contributed by atoms with Crippen LogP contribution in [-0.4, -0.2) is 28.8 Å². The fraction of sp³-hybridized carbons (Fsp3) is 0.292. The predicted octanol–water partition coefficient (Wildman–Crippen LogP) is 3.98. The average molecular weight is 404 g/mol. The zero-order chi connectivity index (χ0) is 21.1. The van der Waals surface area contributed by atoms with Gasteiger partial charge in [-0.05, 0) is 49.1 Å². The summed E-state index contributed by atoms with van der Waals surface area (Å²) >= 11 is 0. The highest BCUT2D eigenvalue weighted by atomic mass is 16.5. The summed E-state index contributed by atoms with van der Waals surface area (Å²) in [4.78, 5) is 38.5. The van der Waals surface area contributed by atoms with Crippen molar-refractivity contribution in [1.29, 1.82) is 0 Å². The normalized spacial score (nSPS) is 18.8. The van der Waals surface area contributed by atoms with Crippen molar-refractivity contribution in [3.05, 3.63) is 70.8 Å². The first-order valence-electron chi connectivity index (χ1n) is 10.2. The molecule has 4 amide bonds. The van der Waals surface area contributed by atoms with E-state index in [1.54, 1.807) is 24.3 Å². The molecule has 0 atom stereocenters. The van der Waals surface area contributed by atoms with Crippen LogP contribution in [0.4, 0.5) is 4.79 Å². The molecule has 1 aliphatic carbocycles. The van der Waals surface area contributed by atoms with Crippen LogP contribution in [0.1, 0.15) is 42.4 Å². The Labute approximate surface area is 175 Å². The highest BCUT2D eigenvalue weighted by Crippen LogP contribution is 2.27. The molecule has 4 rings (SSSR count). The van der Waals surface area contributed by atoms with E-state index in [1.807, 2.05) is 25.1 Å². The molecule has 0 aromatic heterocycles. The summed E-state index contributed by atoms with van der Waals surface area (Å²) in [6, 6.07) is 14.5. The summed E-state index contributed by atoms with van der Waals surface area (Å²) in [6.07, 6.45) is 5.06. The fourth-order valence-corrected chi connectivity index (χ4v) is 3.96. The van der Waals surface area contributed by atoms with Crippen LogP contribution in [0.2, 0.25) is 0 Å². The zero-order valence-electron chi connectivity index (χ0n) is 16.9. The molecule has 30 heavy (non-hydrogen) atoms. The van der Waals surface area contributed by atoms with Gasteiger partial charge >= 0.3 is 6.03 Å². The highest BCUT2D eigenvalue weighted by molar-refractivity contribution is 6.31. The Bertz CT molecular complexity index is 1000. The third-order valence-electron chi connectivity index (χ3n) is 5.50. The summed E-state index contributed by atoms with van der Waals surface area (Å²) < 4.78 is 5.81. The highest BCUT2D eigenvalue weighted by Gasteiger charge is 2.40. The van der Waals surface area contributed by atoms with Gasteiger partial charge in [0.1, 0.15) is 17.9 Å². The molecule has 1 heterocycles. The molecule has 1 aliphatic heterocycles. The molecule has 6 heteroatoms. The third kappa shape index (κ3) is 4.27. The minimum absolute atomic E-state index is 0.0186. The smallest absolute Gasteiger partial charge is 0.331 e. The molecule has 0 spiro atoms. The Hall–Kier alpha value is -3.41. The van der Waals surface area contributed by atoms with E-state index in [1.165, 1.54) is 16.5 Å². The summed E-state index contributed by atoms with van der Waals surface area (Å²) in [6.45, 7) is 2.50. The second kappa shape index (κ2) is 8.53. The maximum absolute atomic E-state index is 12.8. The molecule has 2 aliphatic rings. The molecular weight excluding hydrogens is 380 g/mol. The molecule has 0 unspecified atom stereocenters. The Morgan fingerprint density at radius 2 is 1.80 bits per heavy atom. The van der Waals surface area contributed by atoms with E-state index in [9.17, 15) is 14.4 Å². The summed E-state index contributed by atoms with van der Waals surface area (Å²) in [5.74, 6) is -0.477. The van der Waals surface area contributed by atoms with Gasteiger partial charge in [0.25, 0.3) is 11.8 Å². The maximum atomic E-state index is 12.8. The van der Waals surface area contributed by atoms with Crippen molar-refractivity contribution in [3.8, 4) is 5.75 Å². The number of amides is 4. The summed E-state index contributed by atoms with van der Waals surface area (Å²) in [5.41, 5.74) is 2.94. The van der Waals surface area contributed by atoms with Crippen LogP contribution in [0.3, 0.4) is 0 Å². The maximum Gasteiger partial charge on any atom is 0.331 e. The lowest BCUT2D eigenvalue weighted by molar-refractivity contribution is -0.131. The Morgan fingerprint density at radius 1 is 1.07 bits per heavy atom. The summed E-state index contributed by atoms with van der Waals surface area (Å²) in [7, 11) is 0. The molecular formula is C24H24N2O4. The number of nitrogens with zero attached hydrogens (tertiary/aromatic N) is 1. The second-order valence-corrected chi connectivity index (χ2v) is 7.78. The SMILES string of the molecule is Cc1cccc(COc2ccc(/C=C3\C(=O)NC(=O)N(C4CCCC4)C3=O)cc2)c1. The molecule has 2 aromatic carbocycles. The van der Waals surface area contributed by atoms with E-state index in [2.05, 4.69) is 11.4 Å². The topological polar surface area (TPSA) is 75.7 Å². The number of ether oxygens (including phenoxy) is 1. The largest absolute Gasteiger partial charge is 0.489 e. The molecule has 0 radical (unpaired) electrons. The number of urea groups is 1. The third-order valence-corrected chi connectivity index (χ3v) is 5.50. The van der Waals surface area contributed by atoms with Crippen molar-refractivity contribution in [3.63, 3.8) is 0 Å². The van der Waals surface area contributed by atoms with Crippen LogP contribution >= 0.6 is 0 Å². The standard InChI is InChI=1S/C24H24N2O4/c1-16-5-4-6-18(13-16)15-30-20-11-9-17(10-12-20)14-21-22(27)25-24(29)26(23(21)28)19-7-2-3-8-19/h4-6,9-14,19H,2-3,7-8,15H2,1H3,(H,25,27,29)/b21-14+. The monoisotopic (exact) mass is 404 g/mol. The van der Waals surface area contributed by atoms with E-state index in [-0.39, 0.29) is 11.6 Å². The molecule has 2 fully saturated rings. The van der Waals surface area contributed by atoms with Crippen LogP contribution in [0.15, 0.2) is 54.1 Å². The Balaban J connectivity index is 1.47. The van der Waals surface area contributed by atoms with Gasteiger partial charge < -0.3 is 4.74 Å². The van der Waals surface area contributed by atoms with Crippen molar-refractivity contribution in [2.75, 3.05) is 0 Å². The fourth-order valence-electron chi connectivity index (χ4n) is 3.96. The zero-order valence-corrected chi connectivity index (χ0v) is 16.9. The second-order valence-electron chi connectivity index (χ2n) is 7.78. The number of imide groups is 2. The summed E-state index contributed by atoms with van der Waals surface area (Å²) in [5, 5.41) is 2.30. The number of hydrogen-bond donors (Lipinski definition) is 1. The first-order valence-corrected chi connectivity index (χ1v) is 10.2. The van der Waals surface area contributed by atoms with Crippen LogP contribution in [-0.2, 0) is 16.2 Å². The quantitative estimate of drug-likeness (QED) is 0.604. The van der Waals surface area contributed by atoms with Gasteiger partial charge in [0, 0.05) is 6.04 Å². The van der Waals surface area contributed by atoms with Gasteiger partial charge in [-0.2, -0.15) is 0 Å². The molecule has 6 nitrogen and oxygen atoms in total. The number of barbiturate groups is 1. The lowest BCUT2D eigenvalue weighted by atomic mass is 10.1. The molecule has 1 N–H and O–H groups in total. The van der Waals surface area contributed by atoms with Crippen LogP contribution in [0.5, 0.6) is 5.75 Å². The van der Waals surface area contributed by atoms with E-state index in [0.717, 1.165) is 31.2 Å². The lowest BCUT2D eigenvalue weighted by Crippen LogP contribution is -2.57. The lowest BCUT2D eigenvalue weighted by Gasteiger charge is -2.31. The van der Waals surface area contributed by atoms with Gasteiger partial charge in [-0.1, -0.05) is 54.8 Å². The van der Waals surface area contributed by atoms with Crippen molar-refractivity contribution < 1.29 is 19.1 Å². The number of carbonyl (C=O) groups excluding carboxylic acids is 3. The van der Waals surface area contributed by atoms with E-state index in [4.69, 9.17) is 4.74 Å². The first-order chi connectivity index (χ1) is 14.5. The minimum atomic E-state index is -0.654. The molecule has 1 saturated heterocycles. The molecule has 154 valence electrons. The van der Waals surface area contributed by atoms with E-state index < -0.39 is 17.8 Å². The van der Waals surface area contributed by atoms with E-state index >= 15 is 0 Å². The van der Waals surface area contributed by atoms with Gasteiger partial charge in [-0.15, -0.1) is 0 Å². The van der Waals surface area contributed by atoms with Gasteiger partial charge in [-0.25, -0.2) is 4.79 Å². The number of benzene rings is 2. The Kier molecular flexibility index (Phi) is 5.65. The Morgan fingerprint density at radius 3 is 2.50 bits per heavy atom. The van der Waals surface area contributed by atoms with Crippen molar-refractivity contribution in [2.45, 2.75) is 45.3 Å². The minimum Gasteiger partial charge on any atom is -0.489 e. The number of rotatable bonds is 5. The van der Waals surface area contributed by atoms with Crippen molar-refractivity contribution in [1.82, 2.24) is 10.2 Å². The first kappa shape index (κ1) is 19.9. The number of hydrogen-bond acceptors (Lipinski definition) is 4. The van der Waals surface area contributed by atoms with Crippen LogP contribution in [0, 0.1) is 6.92 Å². The predicted molar refractivity (Wildman–Crippen MR) is 113 cm³/mol.